The second-order valence-corrected chi connectivity index (χ2v) is 3.48. The Balaban J connectivity index is 2.03. The van der Waals surface area contributed by atoms with E-state index in [2.05, 4.69) is 11.1 Å². The minimum absolute atomic E-state index is 0.532. The van der Waals surface area contributed by atoms with Crippen LogP contribution < -0.4 is 0 Å². The van der Waals surface area contributed by atoms with Gasteiger partial charge in [-0.25, -0.2) is 0 Å². The monoisotopic (exact) mass is 178 g/mol. The summed E-state index contributed by atoms with van der Waals surface area (Å²) in [5.41, 5.74) is 1.16. The molecule has 1 fully saturated rings. The molecule has 1 aliphatic rings. The van der Waals surface area contributed by atoms with E-state index in [1.165, 1.54) is 5.06 Å². The van der Waals surface area contributed by atoms with Crippen LogP contribution in [0.2, 0.25) is 0 Å². The van der Waals surface area contributed by atoms with E-state index in [1.54, 1.807) is 0 Å². The number of pyridine rings is 1. The standard InChI is InChI=1S/C10H14N2O/c13-12-7-4-9(5-8-12)10-3-1-2-6-11-10/h1-3,6,9,13H,4-5,7-8H2. The smallest absolute Gasteiger partial charge is 0.0435 e. The van der Waals surface area contributed by atoms with Gasteiger partial charge < -0.3 is 5.21 Å². The highest BCUT2D eigenvalue weighted by Crippen LogP contribution is 2.25. The zero-order chi connectivity index (χ0) is 9.10. The van der Waals surface area contributed by atoms with Crippen molar-refractivity contribution in [2.45, 2.75) is 18.8 Å². The van der Waals surface area contributed by atoms with Crippen LogP contribution in [-0.4, -0.2) is 28.3 Å². The third kappa shape index (κ3) is 2.05. The minimum atomic E-state index is 0.532. The fraction of sp³-hybridized carbons (Fsp3) is 0.500. The lowest BCUT2D eigenvalue weighted by Crippen LogP contribution is -2.30. The lowest BCUT2D eigenvalue weighted by molar-refractivity contribution is -0.106. The summed E-state index contributed by atoms with van der Waals surface area (Å²) in [5, 5.41) is 10.6. The number of hydrogen-bond acceptors (Lipinski definition) is 3. The second-order valence-electron chi connectivity index (χ2n) is 3.48. The molecule has 0 saturated carbocycles. The molecule has 1 aromatic rings. The van der Waals surface area contributed by atoms with E-state index < -0.39 is 0 Å². The Morgan fingerprint density at radius 1 is 1.31 bits per heavy atom. The molecule has 0 spiro atoms. The largest absolute Gasteiger partial charge is 0.314 e. The number of piperidine rings is 1. The fourth-order valence-corrected chi connectivity index (χ4v) is 1.78. The van der Waals surface area contributed by atoms with Crippen molar-refractivity contribution in [1.82, 2.24) is 10.0 Å². The summed E-state index contributed by atoms with van der Waals surface area (Å²) >= 11 is 0. The van der Waals surface area contributed by atoms with Crippen molar-refractivity contribution < 1.29 is 5.21 Å². The van der Waals surface area contributed by atoms with Gasteiger partial charge in [0, 0.05) is 30.9 Å². The van der Waals surface area contributed by atoms with Crippen molar-refractivity contribution in [3.05, 3.63) is 30.1 Å². The summed E-state index contributed by atoms with van der Waals surface area (Å²) in [6, 6.07) is 6.02. The van der Waals surface area contributed by atoms with Crippen LogP contribution in [0.1, 0.15) is 24.5 Å². The molecule has 0 unspecified atom stereocenters. The lowest BCUT2D eigenvalue weighted by atomic mass is 9.94. The van der Waals surface area contributed by atoms with Crippen LogP contribution in [0, 0.1) is 0 Å². The summed E-state index contributed by atoms with van der Waals surface area (Å²) in [4.78, 5) is 4.33. The normalized spacial score (nSPS) is 20.4. The first-order chi connectivity index (χ1) is 6.36. The Morgan fingerprint density at radius 3 is 2.69 bits per heavy atom. The minimum Gasteiger partial charge on any atom is -0.314 e. The van der Waals surface area contributed by atoms with Crippen molar-refractivity contribution >= 4 is 0 Å². The number of hydroxylamine groups is 2. The van der Waals surface area contributed by atoms with Gasteiger partial charge in [-0.3, -0.25) is 4.98 Å². The van der Waals surface area contributed by atoms with Gasteiger partial charge >= 0.3 is 0 Å². The molecule has 1 N–H and O–H groups in total. The molecule has 2 heterocycles. The van der Waals surface area contributed by atoms with Gasteiger partial charge in [0.25, 0.3) is 0 Å². The van der Waals surface area contributed by atoms with Gasteiger partial charge in [-0.2, -0.15) is 5.06 Å². The van der Waals surface area contributed by atoms with Gasteiger partial charge in [0.05, 0.1) is 0 Å². The molecule has 0 aliphatic carbocycles. The maximum Gasteiger partial charge on any atom is 0.0435 e. The molecule has 0 amide bonds. The van der Waals surface area contributed by atoms with Crippen molar-refractivity contribution in [2.24, 2.45) is 0 Å². The quantitative estimate of drug-likeness (QED) is 0.710. The number of aromatic nitrogens is 1. The Morgan fingerprint density at radius 2 is 2.08 bits per heavy atom. The van der Waals surface area contributed by atoms with E-state index in [0.29, 0.717) is 5.92 Å². The van der Waals surface area contributed by atoms with E-state index in [0.717, 1.165) is 31.6 Å². The fourth-order valence-electron chi connectivity index (χ4n) is 1.78. The molecule has 3 heteroatoms. The summed E-state index contributed by atoms with van der Waals surface area (Å²) in [6.07, 6.45) is 3.85. The zero-order valence-corrected chi connectivity index (χ0v) is 7.56. The molecule has 3 nitrogen and oxygen atoms in total. The van der Waals surface area contributed by atoms with Gasteiger partial charge in [-0.05, 0) is 25.0 Å². The molecule has 1 aromatic heterocycles. The third-order valence-electron chi connectivity index (χ3n) is 2.58. The average Bonchev–Trinajstić information content (AvgIpc) is 2.20. The second kappa shape index (κ2) is 3.85. The SMILES string of the molecule is ON1CCC(c2ccccn2)CC1. The number of hydrogen-bond donors (Lipinski definition) is 1. The molecule has 0 radical (unpaired) electrons. The first kappa shape index (κ1) is 8.66. The average molecular weight is 178 g/mol. The van der Waals surface area contributed by atoms with Crippen LogP contribution in [0.5, 0.6) is 0 Å². The van der Waals surface area contributed by atoms with Gasteiger partial charge in [0.15, 0.2) is 0 Å². The number of rotatable bonds is 1. The zero-order valence-electron chi connectivity index (χ0n) is 7.56. The molecule has 0 aromatic carbocycles. The Kier molecular flexibility index (Phi) is 2.57. The maximum atomic E-state index is 9.19. The van der Waals surface area contributed by atoms with E-state index in [1.807, 2.05) is 18.3 Å². The van der Waals surface area contributed by atoms with Gasteiger partial charge in [0.1, 0.15) is 0 Å². The van der Waals surface area contributed by atoms with Crippen LogP contribution in [0.3, 0.4) is 0 Å². The highest BCUT2D eigenvalue weighted by molar-refractivity contribution is 5.10. The summed E-state index contributed by atoms with van der Waals surface area (Å²) in [5.74, 6) is 0.532. The van der Waals surface area contributed by atoms with Crippen LogP contribution in [0.15, 0.2) is 24.4 Å². The van der Waals surface area contributed by atoms with Crippen LogP contribution in [0.4, 0.5) is 0 Å². The van der Waals surface area contributed by atoms with Crippen LogP contribution in [-0.2, 0) is 0 Å². The van der Waals surface area contributed by atoms with Gasteiger partial charge in [-0.1, -0.05) is 6.07 Å². The Hall–Kier alpha value is -0.930. The van der Waals surface area contributed by atoms with Crippen molar-refractivity contribution in [3.63, 3.8) is 0 Å². The highest BCUT2D eigenvalue weighted by atomic mass is 16.5. The molecular formula is C10H14N2O. The van der Waals surface area contributed by atoms with Gasteiger partial charge in [-0.15, -0.1) is 0 Å². The molecule has 70 valence electrons. The number of nitrogens with zero attached hydrogens (tertiary/aromatic N) is 2. The Labute approximate surface area is 78.0 Å². The summed E-state index contributed by atoms with van der Waals surface area (Å²) < 4.78 is 0. The molecular weight excluding hydrogens is 164 g/mol. The molecule has 13 heavy (non-hydrogen) atoms. The van der Waals surface area contributed by atoms with E-state index in [9.17, 15) is 5.21 Å². The summed E-state index contributed by atoms with van der Waals surface area (Å²) in [7, 11) is 0. The molecule has 1 aliphatic heterocycles. The third-order valence-corrected chi connectivity index (χ3v) is 2.58. The molecule has 2 rings (SSSR count). The Bertz CT molecular complexity index is 255. The first-order valence-electron chi connectivity index (χ1n) is 4.71. The van der Waals surface area contributed by atoms with Crippen molar-refractivity contribution in [1.29, 1.82) is 0 Å². The van der Waals surface area contributed by atoms with Crippen molar-refractivity contribution in [2.75, 3.05) is 13.1 Å². The van der Waals surface area contributed by atoms with E-state index >= 15 is 0 Å². The van der Waals surface area contributed by atoms with E-state index in [4.69, 9.17) is 0 Å². The maximum absolute atomic E-state index is 9.19. The van der Waals surface area contributed by atoms with Crippen LogP contribution >= 0.6 is 0 Å². The van der Waals surface area contributed by atoms with Gasteiger partial charge in [0.2, 0.25) is 0 Å². The van der Waals surface area contributed by atoms with Crippen molar-refractivity contribution in [3.8, 4) is 0 Å². The van der Waals surface area contributed by atoms with E-state index in [-0.39, 0.29) is 0 Å². The molecule has 0 atom stereocenters. The highest BCUT2D eigenvalue weighted by Gasteiger charge is 2.19. The van der Waals surface area contributed by atoms with Crippen LogP contribution in [0.25, 0.3) is 0 Å². The predicted octanol–water partition coefficient (Wildman–Crippen LogP) is 1.65. The first-order valence-corrected chi connectivity index (χ1v) is 4.71. The topological polar surface area (TPSA) is 36.4 Å². The molecule has 0 bridgehead atoms. The predicted molar refractivity (Wildman–Crippen MR) is 49.6 cm³/mol. The lowest BCUT2D eigenvalue weighted by Gasteiger charge is -2.26. The summed E-state index contributed by atoms with van der Waals surface area (Å²) in [6.45, 7) is 1.53. The molecule has 1 saturated heterocycles.